The highest BCUT2D eigenvalue weighted by Crippen LogP contribution is 2.17. The number of amides is 2. The van der Waals surface area contributed by atoms with Gasteiger partial charge in [-0.15, -0.1) is 0 Å². The summed E-state index contributed by atoms with van der Waals surface area (Å²) in [5.74, 6) is 1.29. The van der Waals surface area contributed by atoms with E-state index in [9.17, 15) is 9.59 Å². The lowest BCUT2D eigenvalue weighted by molar-refractivity contribution is 0.0598. The number of aryl methyl sites for hydroxylation is 2. The van der Waals surface area contributed by atoms with Gasteiger partial charge in [0.15, 0.2) is 0 Å². The summed E-state index contributed by atoms with van der Waals surface area (Å²) in [5.41, 5.74) is 1.48. The Hall–Kier alpha value is -2.96. The number of hydrogen-bond donors (Lipinski definition) is 1. The molecule has 0 aliphatic heterocycles. The van der Waals surface area contributed by atoms with Crippen molar-refractivity contribution in [3.05, 3.63) is 53.0 Å². The molecule has 0 atom stereocenters. The van der Waals surface area contributed by atoms with Crippen molar-refractivity contribution >= 4 is 12.0 Å². The molecule has 2 rings (SSSR count). The van der Waals surface area contributed by atoms with Gasteiger partial charge in [-0.1, -0.05) is 12.1 Å². The van der Waals surface area contributed by atoms with Crippen LogP contribution in [0.5, 0.6) is 5.75 Å². The third-order valence-corrected chi connectivity index (χ3v) is 3.75. The van der Waals surface area contributed by atoms with Crippen LogP contribution in [0.1, 0.15) is 27.4 Å². The first kappa shape index (κ1) is 19.4. The second-order valence-corrected chi connectivity index (χ2v) is 5.93. The Bertz CT molecular complexity index is 769. The van der Waals surface area contributed by atoms with Gasteiger partial charge in [0.1, 0.15) is 29.4 Å². The molecule has 1 aromatic heterocycles. The van der Waals surface area contributed by atoms with Crippen LogP contribution in [0.3, 0.4) is 0 Å². The van der Waals surface area contributed by atoms with Crippen molar-refractivity contribution in [3.8, 4) is 5.75 Å². The lowest BCUT2D eigenvalue weighted by Gasteiger charge is -2.16. The van der Waals surface area contributed by atoms with E-state index in [4.69, 9.17) is 9.15 Å². The standard InChI is InChI=1S/C19H24N2O5/c1-13-6-5-7-15(10-13)25-9-8-20-19(23)21(3)12-16-11-17(14(2)26-16)18(22)24-4/h5-7,10-11H,8-9,12H2,1-4H3,(H,20,23). The summed E-state index contributed by atoms with van der Waals surface area (Å²) in [7, 11) is 2.96. The molecule has 2 aromatic rings. The Balaban J connectivity index is 1.78. The van der Waals surface area contributed by atoms with Crippen LogP contribution >= 0.6 is 0 Å². The summed E-state index contributed by atoms with van der Waals surface area (Å²) >= 11 is 0. The smallest absolute Gasteiger partial charge is 0.341 e. The fourth-order valence-corrected chi connectivity index (χ4v) is 2.41. The third-order valence-electron chi connectivity index (χ3n) is 3.75. The zero-order chi connectivity index (χ0) is 19.1. The lowest BCUT2D eigenvalue weighted by atomic mass is 10.2. The number of nitrogens with one attached hydrogen (secondary N) is 1. The van der Waals surface area contributed by atoms with Gasteiger partial charge in [-0.05, 0) is 37.6 Å². The molecule has 0 saturated heterocycles. The number of carbonyl (C=O) groups excluding carboxylic acids is 2. The van der Waals surface area contributed by atoms with Gasteiger partial charge in [-0.2, -0.15) is 0 Å². The van der Waals surface area contributed by atoms with E-state index in [0.717, 1.165) is 11.3 Å². The Morgan fingerprint density at radius 3 is 2.69 bits per heavy atom. The van der Waals surface area contributed by atoms with E-state index < -0.39 is 5.97 Å². The first-order chi connectivity index (χ1) is 12.4. The number of ether oxygens (including phenoxy) is 2. The van der Waals surface area contributed by atoms with Crippen LogP contribution in [0.4, 0.5) is 4.79 Å². The van der Waals surface area contributed by atoms with Crippen LogP contribution in [0.15, 0.2) is 34.7 Å². The van der Waals surface area contributed by atoms with Crippen LogP contribution in [0.25, 0.3) is 0 Å². The number of furan rings is 1. The number of hydrogen-bond acceptors (Lipinski definition) is 5. The fraction of sp³-hybridized carbons (Fsp3) is 0.368. The van der Waals surface area contributed by atoms with Gasteiger partial charge in [0.2, 0.25) is 0 Å². The number of benzene rings is 1. The number of urea groups is 1. The maximum Gasteiger partial charge on any atom is 0.341 e. The van der Waals surface area contributed by atoms with Crippen LogP contribution in [-0.2, 0) is 11.3 Å². The van der Waals surface area contributed by atoms with E-state index in [0.29, 0.717) is 30.2 Å². The topological polar surface area (TPSA) is 81.0 Å². The lowest BCUT2D eigenvalue weighted by Crippen LogP contribution is -2.38. The summed E-state index contributed by atoms with van der Waals surface area (Å²) in [6.07, 6.45) is 0. The van der Waals surface area contributed by atoms with Crippen molar-refractivity contribution in [2.75, 3.05) is 27.3 Å². The van der Waals surface area contributed by atoms with E-state index in [-0.39, 0.29) is 12.6 Å². The molecule has 140 valence electrons. The van der Waals surface area contributed by atoms with E-state index in [1.54, 1.807) is 20.0 Å². The number of methoxy groups -OCH3 is 1. The van der Waals surface area contributed by atoms with Crippen molar-refractivity contribution in [1.29, 1.82) is 0 Å². The molecule has 0 fully saturated rings. The van der Waals surface area contributed by atoms with Crippen LogP contribution in [0.2, 0.25) is 0 Å². The SMILES string of the molecule is COC(=O)c1cc(CN(C)C(=O)NCCOc2cccc(C)c2)oc1C. The first-order valence-corrected chi connectivity index (χ1v) is 8.26. The molecular formula is C19H24N2O5. The molecule has 7 heteroatoms. The minimum atomic E-state index is -0.460. The highest BCUT2D eigenvalue weighted by atomic mass is 16.5. The molecule has 7 nitrogen and oxygen atoms in total. The fourth-order valence-electron chi connectivity index (χ4n) is 2.41. The van der Waals surface area contributed by atoms with Gasteiger partial charge in [-0.25, -0.2) is 9.59 Å². The molecule has 0 spiro atoms. The highest BCUT2D eigenvalue weighted by Gasteiger charge is 2.17. The zero-order valence-corrected chi connectivity index (χ0v) is 15.5. The Morgan fingerprint density at radius 1 is 1.23 bits per heavy atom. The summed E-state index contributed by atoms with van der Waals surface area (Å²) in [4.78, 5) is 25.2. The molecule has 1 aromatic carbocycles. The van der Waals surface area contributed by atoms with E-state index in [1.165, 1.54) is 12.0 Å². The number of nitrogens with zero attached hydrogens (tertiary/aromatic N) is 1. The minimum Gasteiger partial charge on any atom is -0.492 e. The zero-order valence-electron chi connectivity index (χ0n) is 15.5. The van der Waals surface area contributed by atoms with Crippen LogP contribution in [-0.4, -0.2) is 44.2 Å². The molecule has 2 amide bonds. The molecule has 1 N–H and O–H groups in total. The number of esters is 1. The predicted octanol–water partition coefficient (Wildman–Crippen LogP) is 2.90. The van der Waals surface area contributed by atoms with Crippen LogP contribution < -0.4 is 10.1 Å². The minimum absolute atomic E-state index is 0.238. The largest absolute Gasteiger partial charge is 0.492 e. The maximum atomic E-state index is 12.1. The Kier molecular flexibility index (Phi) is 6.66. The molecule has 0 aliphatic rings. The van der Waals surface area contributed by atoms with Crippen molar-refractivity contribution < 1.29 is 23.5 Å². The summed E-state index contributed by atoms with van der Waals surface area (Å²) < 4.78 is 15.8. The van der Waals surface area contributed by atoms with Crippen molar-refractivity contribution in [2.24, 2.45) is 0 Å². The third kappa shape index (κ3) is 5.27. The summed E-state index contributed by atoms with van der Waals surface area (Å²) in [6.45, 7) is 4.66. The van der Waals surface area contributed by atoms with Crippen LogP contribution in [0, 0.1) is 13.8 Å². The van der Waals surface area contributed by atoms with Gasteiger partial charge in [-0.3, -0.25) is 0 Å². The van der Waals surface area contributed by atoms with Gasteiger partial charge in [0.05, 0.1) is 20.2 Å². The molecule has 0 unspecified atom stereocenters. The molecule has 26 heavy (non-hydrogen) atoms. The van der Waals surface area contributed by atoms with Gasteiger partial charge >= 0.3 is 12.0 Å². The average molecular weight is 360 g/mol. The molecule has 1 heterocycles. The number of rotatable bonds is 7. The first-order valence-electron chi connectivity index (χ1n) is 8.26. The Morgan fingerprint density at radius 2 is 2.00 bits per heavy atom. The molecule has 0 bridgehead atoms. The van der Waals surface area contributed by atoms with E-state index in [2.05, 4.69) is 10.1 Å². The van der Waals surface area contributed by atoms with Gasteiger partial charge in [0, 0.05) is 7.05 Å². The summed E-state index contributed by atoms with van der Waals surface area (Å²) in [5, 5.41) is 2.77. The van der Waals surface area contributed by atoms with E-state index in [1.807, 2.05) is 31.2 Å². The average Bonchev–Trinajstić information content (AvgIpc) is 2.98. The molecule has 0 saturated carbocycles. The quantitative estimate of drug-likeness (QED) is 0.606. The summed E-state index contributed by atoms with van der Waals surface area (Å²) in [6, 6.07) is 9.06. The van der Waals surface area contributed by atoms with E-state index >= 15 is 0 Å². The molecular weight excluding hydrogens is 336 g/mol. The second-order valence-electron chi connectivity index (χ2n) is 5.93. The van der Waals surface area contributed by atoms with Gasteiger partial charge < -0.3 is 24.1 Å². The molecule has 0 radical (unpaired) electrons. The highest BCUT2D eigenvalue weighted by molar-refractivity contribution is 5.90. The van der Waals surface area contributed by atoms with Crippen molar-refractivity contribution in [1.82, 2.24) is 10.2 Å². The maximum absolute atomic E-state index is 12.1. The van der Waals surface area contributed by atoms with Crippen molar-refractivity contribution in [2.45, 2.75) is 20.4 Å². The predicted molar refractivity (Wildman–Crippen MR) is 96.3 cm³/mol. The monoisotopic (exact) mass is 360 g/mol. The van der Waals surface area contributed by atoms with Gasteiger partial charge in [0.25, 0.3) is 0 Å². The normalized spacial score (nSPS) is 10.3. The molecule has 0 aliphatic carbocycles. The Labute approximate surface area is 152 Å². The van der Waals surface area contributed by atoms with Crippen molar-refractivity contribution in [3.63, 3.8) is 0 Å². The second kappa shape index (κ2) is 8.94. The number of carbonyl (C=O) groups is 2.